The van der Waals surface area contributed by atoms with Crippen LogP contribution in [0.15, 0.2) is 30.5 Å². The average Bonchev–Trinajstić information content (AvgIpc) is 3.15. The molecule has 31 heavy (non-hydrogen) atoms. The van der Waals surface area contributed by atoms with Gasteiger partial charge in [0.1, 0.15) is 0 Å². The highest BCUT2D eigenvalue weighted by atomic mass is 15.1. The van der Waals surface area contributed by atoms with E-state index in [0.29, 0.717) is 6.04 Å². The van der Waals surface area contributed by atoms with E-state index in [1.165, 1.54) is 108 Å². The summed E-state index contributed by atoms with van der Waals surface area (Å²) in [5.41, 5.74) is 9.20. The van der Waals surface area contributed by atoms with Crippen LogP contribution in [0.5, 0.6) is 0 Å². The second-order valence-electron chi connectivity index (χ2n) is 10.6. The number of para-hydroxylation sites is 1. The molecule has 0 radical (unpaired) electrons. The van der Waals surface area contributed by atoms with Crippen LogP contribution in [0.4, 0.5) is 0 Å². The van der Waals surface area contributed by atoms with Gasteiger partial charge >= 0.3 is 0 Å². The highest BCUT2D eigenvalue weighted by molar-refractivity contribution is 5.84. The van der Waals surface area contributed by atoms with E-state index >= 15 is 0 Å². The van der Waals surface area contributed by atoms with Crippen LogP contribution in [0, 0.1) is 11.8 Å². The van der Waals surface area contributed by atoms with Gasteiger partial charge in [-0.15, -0.1) is 0 Å². The van der Waals surface area contributed by atoms with Gasteiger partial charge in [-0.3, -0.25) is 0 Å². The van der Waals surface area contributed by atoms with Gasteiger partial charge in [0.15, 0.2) is 0 Å². The molecule has 1 saturated heterocycles. The number of hydrogen-bond acceptors (Lipinski definition) is 2. The summed E-state index contributed by atoms with van der Waals surface area (Å²) in [6.45, 7) is 5.08. The minimum Gasteiger partial charge on any atom is -0.347 e. The van der Waals surface area contributed by atoms with Crippen LogP contribution < -0.4 is 5.73 Å². The van der Waals surface area contributed by atoms with Crippen LogP contribution >= 0.6 is 0 Å². The molecule has 1 aliphatic heterocycles. The van der Waals surface area contributed by atoms with E-state index in [4.69, 9.17) is 5.73 Å². The number of nitrogens with two attached hydrogens (primary N) is 1. The van der Waals surface area contributed by atoms with Crippen molar-refractivity contribution < 1.29 is 0 Å². The Morgan fingerprint density at radius 2 is 1.45 bits per heavy atom. The molecular formula is C28H45N3. The molecule has 5 rings (SSSR count). The van der Waals surface area contributed by atoms with E-state index in [1.54, 1.807) is 5.56 Å². The monoisotopic (exact) mass is 423 g/mol. The number of aromatic nitrogens is 1. The largest absolute Gasteiger partial charge is 0.347 e. The van der Waals surface area contributed by atoms with Crippen molar-refractivity contribution in [2.24, 2.45) is 17.6 Å². The third-order valence-electron chi connectivity index (χ3n) is 8.43. The van der Waals surface area contributed by atoms with E-state index in [1.807, 2.05) is 0 Å². The molecule has 2 saturated carbocycles. The highest BCUT2D eigenvalue weighted by Crippen LogP contribution is 2.36. The number of piperidine rings is 1. The van der Waals surface area contributed by atoms with Crippen LogP contribution in [0.1, 0.15) is 89.5 Å². The average molecular weight is 424 g/mol. The molecule has 3 heteroatoms. The molecule has 0 spiro atoms. The molecule has 0 atom stereocenters. The molecule has 0 bridgehead atoms. The molecular weight excluding hydrogens is 378 g/mol. The Morgan fingerprint density at radius 1 is 0.774 bits per heavy atom. The minimum absolute atomic E-state index is 0. The first kappa shape index (κ1) is 22.9. The summed E-state index contributed by atoms with van der Waals surface area (Å²) < 4.78 is 2.61. The van der Waals surface area contributed by atoms with Gasteiger partial charge in [-0.1, -0.05) is 44.9 Å². The summed E-state index contributed by atoms with van der Waals surface area (Å²) in [5, 5.41) is 1.52. The summed E-state index contributed by atoms with van der Waals surface area (Å²) in [6.07, 6.45) is 17.5. The van der Waals surface area contributed by atoms with Crippen LogP contribution in [-0.2, 0) is 6.54 Å². The molecule has 2 aliphatic carbocycles. The molecule has 2 heterocycles. The van der Waals surface area contributed by atoms with Crippen molar-refractivity contribution in [3.8, 4) is 0 Å². The number of likely N-dealkylation sites (tertiary alicyclic amines) is 1. The molecule has 172 valence electrons. The lowest BCUT2D eigenvalue weighted by Crippen LogP contribution is -2.38. The zero-order valence-corrected chi connectivity index (χ0v) is 18.8. The first-order valence-electron chi connectivity index (χ1n) is 12.8. The third-order valence-corrected chi connectivity index (χ3v) is 8.43. The predicted octanol–water partition coefficient (Wildman–Crippen LogP) is 6.55. The van der Waals surface area contributed by atoms with E-state index in [9.17, 15) is 0 Å². The Labute approximate surface area is 190 Å². The SMILES string of the molecule is C.NC1CCC(CN2CCC(c3cn(CC4CCCCC4)c4ccccc34)CC2)CC1. The minimum atomic E-state index is 0. The third kappa shape index (κ3) is 5.37. The lowest BCUT2D eigenvalue weighted by atomic mass is 9.84. The number of rotatable bonds is 5. The molecule has 0 amide bonds. The van der Waals surface area contributed by atoms with Crippen molar-refractivity contribution in [1.29, 1.82) is 0 Å². The van der Waals surface area contributed by atoms with Crippen LogP contribution in [-0.4, -0.2) is 35.1 Å². The van der Waals surface area contributed by atoms with Gasteiger partial charge in [0.05, 0.1) is 0 Å². The molecule has 1 aromatic carbocycles. The lowest BCUT2D eigenvalue weighted by Gasteiger charge is -2.36. The zero-order valence-electron chi connectivity index (χ0n) is 18.8. The van der Waals surface area contributed by atoms with Crippen molar-refractivity contribution in [1.82, 2.24) is 9.47 Å². The van der Waals surface area contributed by atoms with Crippen molar-refractivity contribution >= 4 is 10.9 Å². The summed E-state index contributed by atoms with van der Waals surface area (Å²) in [6, 6.07) is 9.66. The zero-order chi connectivity index (χ0) is 20.3. The Balaban J connectivity index is 0.00000231. The van der Waals surface area contributed by atoms with Gasteiger partial charge in [-0.2, -0.15) is 0 Å². The maximum absolute atomic E-state index is 6.10. The van der Waals surface area contributed by atoms with Crippen molar-refractivity contribution in [2.45, 2.75) is 96.6 Å². The number of hydrogen-bond donors (Lipinski definition) is 1. The summed E-state index contributed by atoms with van der Waals surface area (Å²) >= 11 is 0. The van der Waals surface area contributed by atoms with E-state index in [0.717, 1.165) is 17.8 Å². The molecule has 1 aromatic heterocycles. The Bertz CT molecular complexity index is 803. The number of fused-ring (bicyclic) bond motifs is 1. The van der Waals surface area contributed by atoms with Gasteiger partial charge in [0.2, 0.25) is 0 Å². The van der Waals surface area contributed by atoms with Crippen LogP contribution in [0.2, 0.25) is 0 Å². The van der Waals surface area contributed by atoms with Crippen LogP contribution in [0.3, 0.4) is 0 Å². The smallest absolute Gasteiger partial charge is 0.0483 e. The number of nitrogens with zero attached hydrogens (tertiary/aromatic N) is 2. The quantitative estimate of drug-likeness (QED) is 0.591. The van der Waals surface area contributed by atoms with Gasteiger partial charge in [-0.25, -0.2) is 0 Å². The van der Waals surface area contributed by atoms with Gasteiger partial charge in [0.25, 0.3) is 0 Å². The Hall–Kier alpha value is -1.32. The summed E-state index contributed by atoms with van der Waals surface area (Å²) in [7, 11) is 0. The Morgan fingerprint density at radius 3 is 2.19 bits per heavy atom. The molecule has 2 N–H and O–H groups in total. The summed E-state index contributed by atoms with van der Waals surface area (Å²) in [4.78, 5) is 2.75. The molecule has 0 unspecified atom stereocenters. The standard InChI is InChI=1S/C27H41N3.CH4/c28-24-12-10-22(11-13-24)18-29-16-14-23(15-17-29)26-20-30(19-21-6-2-1-3-7-21)27-9-5-4-8-25(26)27;/h4-5,8-9,20-24H,1-3,6-7,10-19,28H2;1H4. The topological polar surface area (TPSA) is 34.2 Å². The van der Waals surface area contributed by atoms with Crippen molar-refractivity contribution in [3.05, 3.63) is 36.0 Å². The van der Waals surface area contributed by atoms with E-state index in [2.05, 4.69) is 39.9 Å². The second-order valence-corrected chi connectivity index (χ2v) is 10.6. The van der Waals surface area contributed by atoms with Crippen LogP contribution in [0.25, 0.3) is 10.9 Å². The summed E-state index contributed by atoms with van der Waals surface area (Å²) in [5.74, 6) is 2.50. The van der Waals surface area contributed by atoms with Gasteiger partial charge in [-0.05, 0) is 93.8 Å². The molecule has 2 aromatic rings. The fourth-order valence-electron chi connectivity index (χ4n) is 6.56. The normalized spacial score (nSPS) is 26.7. The highest BCUT2D eigenvalue weighted by Gasteiger charge is 2.27. The maximum Gasteiger partial charge on any atom is 0.0483 e. The first-order valence-corrected chi connectivity index (χ1v) is 12.8. The van der Waals surface area contributed by atoms with E-state index in [-0.39, 0.29) is 7.43 Å². The van der Waals surface area contributed by atoms with Crippen molar-refractivity contribution in [3.63, 3.8) is 0 Å². The maximum atomic E-state index is 6.10. The van der Waals surface area contributed by atoms with E-state index < -0.39 is 0 Å². The Kier molecular flexibility index (Phi) is 7.77. The van der Waals surface area contributed by atoms with Gasteiger partial charge in [0, 0.05) is 36.2 Å². The molecule has 3 nitrogen and oxygen atoms in total. The molecule has 3 fully saturated rings. The molecule has 3 aliphatic rings. The van der Waals surface area contributed by atoms with Crippen molar-refractivity contribution in [2.75, 3.05) is 19.6 Å². The number of benzene rings is 1. The fourth-order valence-corrected chi connectivity index (χ4v) is 6.56. The second kappa shape index (κ2) is 10.5. The van der Waals surface area contributed by atoms with Gasteiger partial charge < -0.3 is 15.2 Å². The lowest BCUT2D eigenvalue weighted by molar-refractivity contribution is 0.160. The predicted molar refractivity (Wildman–Crippen MR) is 134 cm³/mol. The first-order chi connectivity index (χ1) is 14.8. The fraction of sp³-hybridized carbons (Fsp3) is 0.714.